The van der Waals surface area contributed by atoms with Gasteiger partial charge in [-0.2, -0.15) is 0 Å². The van der Waals surface area contributed by atoms with Crippen molar-refractivity contribution in [2.45, 2.75) is 92.6 Å². The first-order valence-electron chi connectivity index (χ1n) is 10.5. The molecule has 1 N–H and O–H groups in total. The molecule has 26 heavy (non-hydrogen) atoms. The van der Waals surface area contributed by atoms with Gasteiger partial charge in [-0.05, 0) is 44.2 Å². The maximum atomic E-state index is 12.4. The molecular weight excluding hydrogens is 322 g/mol. The van der Waals surface area contributed by atoms with Gasteiger partial charge >= 0.3 is 0 Å². The molecule has 1 aromatic rings. The highest BCUT2D eigenvalue weighted by Gasteiger charge is 2.21. The van der Waals surface area contributed by atoms with Gasteiger partial charge in [-0.15, -0.1) is 0 Å². The summed E-state index contributed by atoms with van der Waals surface area (Å²) in [7, 11) is 1.63. The van der Waals surface area contributed by atoms with Gasteiger partial charge in [-0.1, -0.05) is 77.5 Å². The Kier molecular flexibility index (Phi) is 14.0. The molecular formula is C23H41NO2. The average Bonchev–Trinajstić information content (AvgIpc) is 2.68. The number of hydrogen-bond donors (Lipinski definition) is 1. The first-order valence-corrected chi connectivity index (χ1v) is 10.5. The van der Waals surface area contributed by atoms with Crippen LogP contribution in [0.25, 0.3) is 0 Å². The minimum absolute atomic E-state index is 0.0229. The lowest BCUT2D eigenvalue weighted by Crippen LogP contribution is -2.30. The molecule has 0 heterocycles. The molecule has 0 spiro atoms. The number of anilines is 1. The van der Waals surface area contributed by atoms with E-state index in [0.29, 0.717) is 0 Å². The minimum atomic E-state index is -0.345. The molecule has 3 heteroatoms. The summed E-state index contributed by atoms with van der Waals surface area (Å²) in [5.41, 5.74) is 3.18. The Bertz CT molecular complexity index is 493. The van der Waals surface area contributed by atoms with Crippen LogP contribution in [0.4, 0.5) is 5.69 Å². The number of carbonyl (C=O) groups is 1. The lowest BCUT2D eigenvalue weighted by Gasteiger charge is -2.23. The van der Waals surface area contributed by atoms with Crippen LogP contribution in [0.2, 0.25) is 0 Å². The molecule has 0 aliphatic heterocycles. The van der Waals surface area contributed by atoms with Crippen LogP contribution in [0.15, 0.2) is 18.2 Å². The predicted octanol–water partition coefficient (Wildman–Crippen LogP) is 6.67. The number of ether oxygens (including phenoxy) is 1. The Hall–Kier alpha value is -1.35. The van der Waals surface area contributed by atoms with Crippen molar-refractivity contribution >= 4 is 11.6 Å². The van der Waals surface area contributed by atoms with Gasteiger partial charge < -0.3 is 10.1 Å². The topological polar surface area (TPSA) is 38.3 Å². The maximum Gasteiger partial charge on any atom is 0.253 e. The zero-order valence-corrected chi connectivity index (χ0v) is 18.2. The van der Waals surface area contributed by atoms with Gasteiger partial charge in [0.1, 0.15) is 6.10 Å². The van der Waals surface area contributed by atoms with E-state index in [9.17, 15) is 4.79 Å². The fourth-order valence-corrected chi connectivity index (χ4v) is 3.39. The van der Waals surface area contributed by atoms with E-state index in [4.69, 9.17) is 4.74 Å². The normalized spacial score (nSPS) is 15.0. The molecule has 0 saturated heterocycles. The molecule has 3 nitrogen and oxygen atoms in total. The largest absolute Gasteiger partial charge is 0.372 e. The predicted molar refractivity (Wildman–Crippen MR) is 114 cm³/mol. The average molecular weight is 364 g/mol. The summed E-state index contributed by atoms with van der Waals surface area (Å²) in [5, 5.41) is 3.01. The van der Waals surface area contributed by atoms with Crippen molar-refractivity contribution in [3.8, 4) is 0 Å². The Labute approximate surface area is 161 Å². The standard InChI is InChI=1S/C19H29NO2.2C2H6/c1-14-9-11-17(15(2)13-14)20-19(21)18(22-3)12-10-16-7-5-4-6-8-16;2*1-2/h9,11,13,16,18H,4-8,10,12H2,1-3H3,(H,20,21);2*1-2H3. The van der Waals surface area contributed by atoms with E-state index >= 15 is 0 Å². The van der Waals surface area contributed by atoms with Gasteiger partial charge in [0, 0.05) is 12.8 Å². The number of aryl methyl sites for hydroxylation is 2. The Morgan fingerprint density at radius 3 is 2.27 bits per heavy atom. The zero-order valence-electron chi connectivity index (χ0n) is 18.2. The van der Waals surface area contributed by atoms with E-state index in [0.717, 1.165) is 30.0 Å². The van der Waals surface area contributed by atoms with E-state index in [1.807, 2.05) is 46.8 Å². The molecule has 2 rings (SSSR count). The van der Waals surface area contributed by atoms with Gasteiger partial charge in [-0.25, -0.2) is 0 Å². The Morgan fingerprint density at radius 2 is 1.73 bits per heavy atom. The highest BCUT2D eigenvalue weighted by Crippen LogP contribution is 2.28. The number of hydrogen-bond acceptors (Lipinski definition) is 2. The summed E-state index contributed by atoms with van der Waals surface area (Å²) in [4.78, 5) is 12.4. The van der Waals surface area contributed by atoms with Crippen LogP contribution in [-0.4, -0.2) is 19.1 Å². The van der Waals surface area contributed by atoms with Crippen LogP contribution < -0.4 is 5.32 Å². The van der Waals surface area contributed by atoms with Gasteiger partial charge in [0.05, 0.1) is 0 Å². The molecule has 1 fully saturated rings. The van der Waals surface area contributed by atoms with E-state index in [2.05, 4.69) is 18.3 Å². The summed E-state index contributed by atoms with van der Waals surface area (Å²) < 4.78 is 5.43. The van der Waals surface area contributed by atoms with Crippen LogP contribution in [0, 0.1) is 19.8 Å². The molecule has 0 bridgehead atoms. The second-order valence-electron chi connectivity index (χ2n) is 6.61. The number of nitrogens with one attached hydrogen (secondary N) is 1. The van der Waals surface area contributed by atoms with Crippen molar-refractivity contribution in [3.63, 3.8) is 0 Å². The molecule has 1 saturated carbocycles. The smallest absolute Gasteiger partial charge is 0.253 e. The summed E-state index contributed by atoms with van der Waals surface area (Å²) in [5.74, 6) is 0.755. The molecule has 1 aromatic carbocycles. The lowest BCUT2D eigenvalue weighted by atomic mass is 9.85. The summed E-state index contributed by atoms with van der Waals surface area (Å²) in [6.45, 7) is 12.1. The molecule has 0 aromatic heterocycles. The number of carbonyl (C=O) groups excluding carboxylic acids is 1. The quantitative estimate of drug-likeness (QED) is 0.613. The van der Waals surface area contributed by atoms with E-state index < -0.39 is 0 Å². The first-order chi connectivity index (χ1) is 12.6. The summed E-state index contributed by atoms with van der Waals surface area (Å²) >= 11 is 0. The molecule has 1 aliphatic carbocycles. The number of benzene rings is 1. The van der Waals surface area contributed by atoms with Crippen molar-refractivity contribution in [1.29, 1.82) is 0 Å². The second kappa shape index (κ2) is 14.8. The molecule has 150 valence electrons. The van der Waals surface area contributed by atoms with Gasteiger partial charge in [0.25, 0.3) is 5.91 Å². The molecule has 1 aliphatic rings. The minimum Gasteiger partial charge on any atom is -0.372 e. The fourth-order valence-electron chi connectivity index (χ4n) is 3.39. The van der Waals surface area contributed by atoms with E-state index in [-0.39, 0.29) is 12.0 Å². The zero-order chi connectivity index (χ0) is 19.9. The second-order valence-corrected chi connectivity index (χ2v) is 6.61. The first kappa shape index (κ1) is 24.7. The lowest BCUT2D eigenvalue weighted by molar-refractivity contribution is -0.126. The maximum absolute atomic E-state index is 12.4. The monoisotopic (exact) mass is 363 g/mol. The van der Waals surface area contributed by atoms with Crippen molar-refractivity contribution in [1.82, 2.24) is 0 Å². The molecule has 1 atom stereocenters. The third kappa shape index (κ3) is 8.84. The van der Waals surface area contributed by atoms with Crippen molar-refractivity contribution in [2.75, 3.05) is 12.4 Å². The van der Waals surface area contributed by atoms with Crippen LogP contribution >= 0.6 is 0 Å². The third-order valence-corrected chi connectivity index (χ3v) is 4.78. The van der Waals surface area contributed by atoms with E-state index in [1.54, 1.807) is 7.11 Å². The highest BCUT2D eigenvalue weighted by molar-refractivity contribution is 5.94. The van der Waals surface area contributed by atoms with Crippen molar-refractivity contribution in [2.24, 2.45) is 5.92 Å². The number of rotatable bonds is 6. The number of methoxy groups -OCH3 is 1. The molecule has 0 radical (unpaired) electrons. The van der Waals surface area contributed by atoms with Gasteiger partial charge in [0.15, 0.2) is 0 Å². The van der Waals surface area contributed by atoms with Crippen molar-refractivity contribution < 1.29 is 9.53 Å². The van der Waals surface area contributed by atoms with Crippen LogP contribution in [0.5, 0.6) is 0 Å². The molecule has 1 amide bonds. The van der Waals surface area contributed by atoms with Crippen molar-refractivity contribution in [3.05, 3.63) is 29.3 Å². The Balaban J connectivity index is 0.00000146. The fraction of sp³-hybridized carbons (Fsp3) is 0.696. The SMILES string of the molecule is CC.CC.COC(CCC1CCCCC1)C(=O)Nc1ccc(C)cc1C. The van der Waals surface area contributed by atoms with Gasteiger partial charge in [-0.3, -0.25) is 4.79 Å². The van der Waals surface area contributed by atoms with E-state index in [1.165, 1.54) is 37.7 Å². The third-order valence-electron chi connectivity index (χ3n) is 4.78. The molecule has 1 unspecified atom stereocenters. The van der Waals surface area contributed by atoms with Crippen LogP contribution in [0.3, 0.4) is 0 Å². The van der Waals surface area contributed by atoms with Crippen LogP contribution in [-0.2, 0) is 9.53 Å². The van der Waals surface area contributed by atoms with Crippen LogP contribution in [0.1, 0.15) is 83.8 Å². The number of amides is 1. The Morgan fingerprint density at radius 1 is 1.12 bits per heavy atom. The highest BCUT2D eigenvalue weighted by atomic mass is 16.5. The summed E-state index contributed by atoms with van der Waals surface area (Å²) in [6.07, 6.45) is 8.26. The van der Waals surface area contributed by atoms with Gasteiger partial charge in [0.2, 0.25) is 0 Å². The summed E-state index contributed by atoms with van der Waals surface area (Å²) in [6, 6.07) is 6.07.